The van der Waals surface area contributed by atoms with Crippen LogP contribution >= 0.6 is 0 Å². The lowest BCUT2D eigenvalue weighted by Crippen LogP contribution is -2.34. The van der Waals surface area contributed by atoms with E-state index in [-0.39, 0.29) is 24.1 Å². The summed E-state index contributed by atoms with van der Waals surface area (Å²) >= 11 is 0. The second-order valence-electron chi connectivity index (χ2n) is 11.2. The van der Waals surface area contributed by atoms with Gasteiger partial charge >= 0.3 is 11.9 Å². The molecule has 0 heterocycles. The first-order valence-corrected chi connectivity index (χ1v) is 12.4. The summed E-state index contributed by atoms with van der Waals surface area (Å²) in [5.41, 5.74) is 2.45. The Morgan fingerprint density at radius 3 is 2.28 bits per heavy atom. The molecule has 0 bridgehead atoms. The smallest absolute Gasteiger partial charge is 0.302 e. The van der Waals surface area contributed by atoms with Crippen LogP contribution in [0.4, 0.5) is 0 Å². The van der Waals surface area contributed by atoms with E-state index in [1.165, 1.54) is 50.7 Å². The van der Waals surface area contributed by atoms with Gasteiger partial charge in [-0.3, -0.25) is 9.59 Å². The Kier molecular flexibility index (Phi) is 7.90. The fourth-order valence-corrected chi connectivity index (χ4v) is 6.49. The molecule has 3 aliphatic rings. The Morgan fingerprint density at radius 2 is 1.72 bits per heavy atom. The monoisotopic (exact) mass is 446 g/mol. The van der Waals surface area contributed by atoms with Crippen molar-refractivity contribution in [2.75, 3.05) is 0 Å². The van der Waals surface area contributed by atoms with Crippen molar-refractivity contribution in [1.82, 2.24) is 0 Å². The Morgan fingerprint density at radius 1 is 1.09 bits per heavy atom. The lowest BCUT2D eigenvalue weighted by Gasteiger charge is -2.43. The van der Waals surface area contributed by atoms with Gasteiger partial charge in [0.1, 0.15) is 12.2 Å². The van der Waals surface area contributed by atoms with E-state index in [2.05, 4.69) is 19.1 Å². The highest BCUT2D eigenvalue weighted by molar-refractivity contribution is 5.67. The molecule has 5 nitrogen and oxygen atoms in total. The Balaban J connectivity index is 1.73. The van der Waals surface area contributed by atoms with Crippen LogP contribution in [-0.2, 0) is 19.1 Å². The average Bonchev–Trinajstić information content (AvgIpc) is 2.99. The fourth-order valence-electron chi connectivity index (χ4n) is 6.49. The third-order valence-electron chi connectivity index (χ3n) is 7.97. The van der Waals surface area contributed by atoms with Crippen LogP contribution in [0.25, 0.3) is 0 Å². The summed E-state index contributed by atoms with van der Waals surface area (Å²) in [4.78, 5) is 23.0. The van der Waals surface area contributed by atoms with Crippen LogP contribution in [0, 0.1) is 17.3 Å². The molecule has 5 heteroatoms. The number of esters is 2. The first-order chi connectivity index (χ1) is 15.0. The summed E-state index contributed by atoms with van der Waals surface area (Å²) in [6, 6.07) is 0. The molecule has 0 radical (unpaired) electrons. The Labute approximate surface area is 193 Å². The topological polar surface area (TPSA) is 72.8 Å². The zero-order chi connectivity index (χ0) is 23.5. The summed E-state index contributed by atoms with van der Waals surface area (Å²) in [6.45, 7) is 9.15. The fraction of sp³-hybridized carbons (Fsp3) is 0.778. The minimum Gasteiger partial charge on any atom is -0.462 e. The number of ether oxygens (including phenoxy) is 2. The summed E-state index contributed by atoms with van der Waals surface area (Å²) in [5, 5.41) is 10.2. The van der Waals surface area contributed by atoms with E-state index in [0.717, 1.165) is 19.3 Å². The van der Waals surface area contributed by atoms with Gasteiger partial charge < -0.3 is 14.6 Å². The van der Waals surface area contributed by atoms with Crippen LogP contribution in [-0.4, -0.2) is 34.9 Å². The van der Waals surface area contributed by atoms with Gasteiger partial charge in [0.15, 0.2) is 0 Å². The molecule has 3 fully saturated rings. The summed E-state index contributed by atoms with van der Waals surface area (Å²) < 4.78 is 10.9. The first kappa shape index (κ1) is 25.0. The van der Waals surface area contributed by atoms with Crippen molar-refractivity contribution in [1.29, 1.82) is 0 Å². The molecule has 0 aromatic carbocycles. The van der Waals surface area contributed by atoms with Crippen LogP contribution in [0.1, 0.15) is 98.8 Å². The van der Waals surface area contributed by atoms with Gasteiger partial charge in [0.2, 0.25) is 0 Å². The van der Waals surface area contributed by atoms with Gasteiger partial charge in [0, 0.05) is 33.1 Å². The quantitative estimate of drug-likeness (QED) is 0.534. The lowest BCUT2D eigenvalue weighted by atomic mass is 9.62. The normalized spacial score (nSPS) is 35.6. The van der Waals surface area contributed by atoms with E-state index in [1.54, 1.807) is 0 Å². The highest BCUT2D eigenvalue weighted by atomic mass is 16.6. The van der Waals surface area contributed by atoms with Crippen molar-refractivity contribution in [3.05, 3.63) is 23.3 Å². The summed E-state index contributed by atoms with van der Waals surface area (Å²) in [5.74, 6) is 0.702. The van der Waals surface area contributed by atoms with Crippen molar-refractivity contribution in [3.63, 3.8) is 0 Å². The highest BCUT2D eigenvalue weighted by Crippen LogP contribution is 2.58. The van der Waals surface area contributed by atoms with Crippen LogP contribution in [0.2, 0.25) is 0 Å². The van der Waals surface area contributed by atoms with Gasteiger partial charge in [-0.25, -0.2) is 0 Å². The van der Waals surface area contributed by atoms with Gasteiger partial charge in [-0.1, -0.05) is 30.2 Å². The molecule has 0 spiro atoms. The summed E-state index contributed by atoms with van der Waals surface area (Å²) in [7, 11) is 0. The Bertz CT molecular complexity index is 732. The molecule has 3 rings (SSSR count). The van der Waals surface area contributed by atoms with Crippen molar-refractivity contribution >= 4 is 11.9 Å². The van der Waals surface area contributed by atoms with E-state index < -0.39 is 5.60 Å². The van der Waals surface area contributed by atoms with Crippen LogP contribution in [0.15, 0.2) is 23.3 Å². The number of rotatable bonds is 6. The number of aliphatic hydroxyl groups is 1. The zero-order valence-electron chi connectivity index (χ0n) is 20.6. The number of carbonyl (C=O) groups is 2. The zero-order valence-corrected chi connectivity index (χ0v) is 20.6. The second-order valence-corrected chi connectivity index (χ2v) is 11.2. The predicted molar refractivity (Wildman–Crippen MR) is 125 cm³/mol. The molecule has 3 saturated carbocycles. The van der Waals surface area contributed by atoms with Gasteiger partial charge in [-0.15, -0.1) is 0 Å². The minimum absolute atomic E-state index is 0.232. The Hall–Kier alpha value is -1.62. The standard InChI is InChI=1S/C27H42O5/c1-18(28)31-23-15-20(16-24(17-23)32-19(2)29)8-9-21-7-6-13-27(5)22(10-11-25(21)27)12-14-26(3,4)30/h8-9,22-25,30H,6-7,10-17H2,1-5H3/b20-8-,21-9+/t22?,23?,24-,25?,27-/m1/s1. The number of hydrogen-bond donors (Lipinski definition) is 1. The highest BCUT2D eigenvalue weighted by Gasteiger charge is 2.48. The van der Waals surface area contributed by atoms with Crippen LogP contribution in [0.5, 0.6) is 0 Å². The molecule has 3 unspecified atom stereocenters. The first-order valence-electron chi connectivity index (χ1n) is 12.4. The number of carbonyl (C=O) groups excluding carboxylic acids is 2. The van der Waals surface area contributed by atoms with Crippen LogP contribution in [0.3, 0.4) is 0 Å². The molecule has 0 saturated heterocycles. The molecule has 0 aromatic rings. The number of hydrogen-bond acceptors (Lipinski definition) is 5. The molecule has 3 aliphatic carbocycles. The molecular formula is C27H42O5. The third kappa shape index (κ3) is 6.46. The maximum absolute atomic E-state index is 11.5. The predicted octanol–water partition coefficient (Wildman–Crippen LogP) is 5.65. The number of allylic oxidation sites excluding steroid dienone is 3. The second kappa shape index (κ2) is 10.1. The molecule has 1 N–H and O–H groups in total. The molecular weight excluding hydrogens is 404 g/mol. The average molecular weight is 447 g/mol. The molecule has 5 atom stereocenters. The third-order valence-corrected chi connectivity index (χ3v) is 7.97. The van der Waals surface area contributed by atoms with Gasteiger partial charge in [0.05, 0.1) is 5.60 Å². The lowest BCUT2D eigenvalue weighted by molar-refractivity contribution is -0.154. The SMILES string of the molecule is CC(=O)OC1C/C(=C/C=C2\CCC[C@]3(C)C(CCC(C)(C)O)CCC23)C[C@@H](OC(C)=O)C1. The van der Waals surface area contributed by atoms with Gasteiger partial charge in [-0.05, 0) is 76.0 Å². The summed E-state index contributed by atoms with van der Waals surface area (Å²) in [6.07, 6.45) is 14.1. The molecule has 0 aliphatic heterocycles. The van der Waals surface area contributed by atoms with Gasteiger partial charge in [-0.2, -0.15) is 0 Å². The maximum Gasteiger partial charge on any atom is 0.302 e. The maximum atomic E-state index is 11.5. The molecule has 180 valence electrons. The molecule has 0 amide bonds. The van der Waals surface area contributed by atoms with E-state index in [1.807, 2.05) is 13.8 Å². The molecule has 32 heavy (non-hydrogen) atoms. The van der Waals surface area contributed by atoms with Crippen molar-refractivity contribution in [2.24, 2.45) is 17.3 Å². The van der Waals surface area contributed by atoms with E-state index in [9.17, 15) is 14.7 Å². The van der Waals surface area contributed by atoms with Crippen LogP contribution < -0.4 is 0 Å². The number of fused-ring (bicyclic) bond motifs is 1. The van der Waals surface area contributed by atoms with Crippen molar-refractivity contribution in [3.8, 4) is 0 Å². The minimum atomic E-state index is -0.593. The van der Waals surface area contributed by atoms with Gasteiger partial charge in [0.25, 0.3) is 0 Å². The van der Waals surface area contributed by atoms with Crippen molar-refractivity contribution in [2.45, 2.75) is 117 Å². The molecule has 0 aromatic heterocycles. The van der Waals surface area contributed by atoms with Crippen molar-refractivity contribution < 1.29 is 24.2 Å². The van der Waals surface area contributed by atoms with E-state index in [0.29, 0.717) is 36.5 Å². The largest absolute Gasteiger partial charge is 0.462 e. The van der Waals surface area contributed by atoms with E-state index >= 15 is 0 Å². The van der Waals surface area contributed by atoms with E-state index in [4.69, 9.17) is 9.47 Å².